The van der Waals surface area contributed by atoms with E-state index in [1.165, 1.54) is 22.3 Å². The lowest BCUT2D eigenvalue weighted by atomic mass is 9.52. The smallest absolute Gasteiger partial charge is 0.231 e. The van der Waals surface area contributed by atoms with Crippen LogP contribution in [-0.4, -0.2) is 5.91 Å². The Morgan fingerprint density at radius 1 is 0.893 bits per heavy atom. The van der Waals surface area contributed by atoms with Gasteiger partial charge in [-0.3, -0.25) is 4.79 Å². The van der Waals surface area contributed by atoms with Crippen LogP contribution in [0.5, 0.6) is 0 Å². The van der Waals surface area contributed by atoms with E-state index in [9.17, 15) is 4.79 Å². The zero-order valence-corrected chi connectivity index (χ0v) is 16.6. The fraction of sp³-hybridized carbons (Fsp3) is 0.269. The molecule has 140 valence electrons. The molecule has 0 aromatic heterocycles. The van der Waals surface area contributed by atoms with Crippen molar-refractivity contribution in [3.05, 3.63) is 100 Å². The van der Waals surface area contributed by atoms with Crippen LogP contribution in [0.4, 0.5) is 5.69 Å². The highest BCUT2D eigenvalue weighted by Crippen LogP contribution is 2.61. The molecule has 0 spiro atoms. The van der Waals surface area contributed by atoms with Gasteiger partial charge in [-0.25, -0.2) is 0 Å². The minimum Gasteiger partial charge on any atom is -0.325 e. The number of hydrogen-bond acceptors (Lipinski definition) is 1. The molecule has 1 N–H and O–H groups in total. The third-order valence-electron chi connectivity index (χ3n) is 6.79. The molecule has 3 aromatic rings. The molecular weight excluding hydrogens is 342 g/mol. The Morgan fingerprint density at radius 3 is 2.07 bits per heavy atom. The number of hydrogen-bond donors (Lipinski definition) is 1. The Balaban J connectivity index is 1.61. The number of rotatable bonds is 2. The molecule has 28 heavy (non-hydrogen) atoms. The lowest BCUT2D eigenvalue weighted by Gasteiger charge is -2.50. The molecule has 6 rings (SSSR count). The van der Waals surface area contributed by atoms with E-state index in [2.05, 4.69) is 92.8 Å². The van der Waals surface area contributed by atoms with Crippen LogP contribution in [0.25, 0.3) is 0 Å². The van der Waals surface area contributed by atoms with Crippen molar-refractivity contribution in [2.24, 2.45) is 5.41 Å². The maximum Gasteiger partial charge on any atom is 0.231 e. The van der Waals surface area contributed by atoms with Gasteiger partial charge in [-0.05, 0) is 66.6 Å². The Bertz CT molecular complexity index is 1050. The Hall–Kier alpha value is -2.87. The van der Waals surface area contributed by atoms with Crippen molar-refractivity contribution in [1.82, 2.24) is 0 Å². The standard InChI is InChI=1S/C26H25NO/c1-16-12-13-17(2)23(14-16)27-25(28)26(3)15-22-18-8-4-6-10-20(18)24(26)21-11-7-5-9-19(21)22/h4-14,22,24H,15H2,1-3H3,(H,27,28)/t22?,24?,26-/m1/s1. The molecule has 2 nitrogen and oxygen atoms in total. The second-order valence-corrected chi connectivity index (χ2v) is 8.64. The molecule has 0 fully saturated rings. The van der Waals surface area contributed by atoms with Gasteiger partial charge in [0.05, 0.1) is 5.41 Å². The van der Waals surface area contributed by atoms with Gasteiger partial charge in [-0.2, -0.15) is 0 Å². The average Bonchev–Trinajstić information content (AvgIpc) is 2.71. The summed E-state index contributed by atoms with van der Waals surface area (Å²) in [5, 5.41) is 3.27. The van der Waals surface area contributed by atoms with Gasteiger partial charge >= 0.3 is 0 Å². The van der Waals surface area contributed by atoms with Crippen molar-refractivity contribution in [2.45, 2.75) is 39.0 Å². The fourth-order valence-electron chi connectivity index (χ4n) is 5.32. The lowest BCUT2D eigenvalue weighted by Crippen LogP contribution is -2.47. The van der Waals surface area contributed by atoms with Crippen molar-refractivity contribution in [3.8, 4) is 0 Å². The van der Waals surface area contributed by atoms with Crippen LogP contribution in [0.15, 0.2) is 66.7 Å². The van der Waals surface area contributed by atoms with Crippen LogP contribution in [0.1, 0.15) is 58.6 Å². The van der Waals surface area contributed by atoms with E-state index in [1.54, 1.807) is 0 Å². The SMILES string of the molecule is Cc1ccc(C)c(NC(=O)[C@]2(C)CC3c4ccccc4C2c2ccccc23)c1. The fourth-order valence-corrected chi connectivity index (χ4v) is 5.32. The summed E-state index contributed by atoms with van der Waals surface area (Å²) < 4.78 is 0. The van der Waals surface area contributed by atoms with Gasteiger partial charge in [-0.1, -0.05) is 60.7 Å². The summed E-state index contributed by atoms with van der Waals surface area (Å²) >= 11 is 0. The summed E-state index contributed by atoms with van der Waals surface area (Å²) in [5.41, 5.74) is 8.13. The normalized spacial score (nSPS) is 24.4. The van der Waals surface area contributed by atoms with Crippen molar-refractivity contribution in [3.63, 3.8) is 0 Å². The van der Waals surface area contributed by atoms with Crippen LogP contribution in [-0.2, 0) is 4.79 Å². The summed E-state index contributed by atoms with van der Waals surface area (Å²) in [7, 11) is 0. The molecule has 0 aliphatic heterocycles. The van der Waals surface area contributed by atoms with E-state index in [1.807, 2.05) is 0 Å². The molecule has 2 bridgehead atoms. The highest BCUT2D eigenvalue weighted by Gasteiger charge is 2.53. The minimum atomic E-state index is -0.469. The van der Waals surface area contributed by atoms with Gasteiger partial charge in [0.1, 0.15) is 0 Å². The zero-order valence-electron chi connectivity index (χ0n) is 16.6. The monoisotopic (exact) mass is 367 g/mol. The molecule has 0 unspecified atom stereocenters. The van der Waals surface area contributed by atoms with Crippen LogP contribution >= 0.6 is 0 Å². The summed E-state index contributed by atoms with van der Waals surface area (Å²) in [6.07, 6.45) is 0.850. The first-order chi connectivity index (χ1) is 13.5. The Labute approximate surface area is 166 Å². The maximum atomic E-state index is 13.7. The number of carbonyl (C=O) groups excluding carboxylic acids is 1. The predicted molar refractivity (Wildman–Crippen MR) is 114 cm³/mol. The van der Waals surface area contributed by atoms with E-state index in [0.29, 0.717) is 0 Å². The Morgan fingerprint density at radius 2 is 1.46 bits per heavy atom. The average molecular weight is 367 g/mol. The van der Waals surface area contributed by atoms with Gasteiger partial charge in [0.25, 0.3) is 0 Å². The zero-order chi connectivity index (χ0) is 19.5. The maximum absolute atomic E-state index is 13.7. The minimum absolute atomic E-state index is 0.0926. The lowest BCUT2D eigenvalue weighted by molar-refractivity contribution is -0.126. The van der Waals surface area contributed by atoms with E-state index < -0.39 is 5.41 Å². The van der Waals surface area contributed by atoms with E-state index in [0.717, 1.165) is 23.2 Å². The van der Waals surface area contributed by atoms with E-state index in [-0.39, 0.29) is 17.7 Å². The van der Waals surface area contributed by atoms with Gasteiger partial charge in [0.2, 0.25) is 5.91 Å². The number of aryl methyl sites for hydroxylation is 2. The number of carbonyl (C=O) groups is 1. The van der Waals surface area contributed by atoms with Crippen LogP contribution in [0.2, 0.25) is 0 Å². The largest absolute Gasteiger partial charge is 0.325 e. The van der Waals surface area contributed by atoms with Crippen molar-refractivity contribution in [1.29, 1.82) is 0 Å². The summed E-state index contributed by atoms with van der Waals surface area (Å²) in [4.78, 5) is 13.7. The molecule has 0 saturated heterocycles. The van der Waals surface area contributed by atoms with Crippen molar-refractivity contribution >= 4 is 11.6 Å². The molecule has 1 atom stereocenters. The Kier molecular flexibility index (Phi) is 3.74. The summed E-state index contributed by atoms with van der Waals surface area (Å²) in [6.45, 7) is 6.26. The van der Waals surface area contributed by atoms with Crippen molar-refractivity contribution < 1.29 is 4.79 Å². The number of anilines is 1. The van der Waals surface area contributed by atoms with Gasteiger partial charge in [-0.15, -0.1) is 0 Å². The van der Waals surface area contributed by atoms with Crippen LogP contribution in [0.3, 0.4) is 0 Å². The van der Waals surface area contributed by atoms with E-state index >= 15 is 0 Å². The number of benzene rings is 3. The number of nitrogens with one attached hydrogen (secondary N) is 1. The molecule has 0 heterocycles. The first-order valence-electron chi connectivity index (χ1n) is 10.1. The molecule has 0 saturated carbocycles. The highest BCUT2D eigenvalue weighted by atomic mass is 16.2. The molecule has 3 aromatic carbocycles. The highest BCUT2D eigenvalue weighted by molar-refractivity contribution is 5.97. The number of fused-ring (bicyclic) bond motifs is 1. The predicted octanol–water partition coefficient (Wildman–Crippen LogP) is 5.93. The molecule has 2 heteroatoms. The molecular formula is C26H25NO. The molecule has 3 aliphatic rings. The van der Waals surface area contributed by atoms with E-state index in [4.69, 9.17) is 0 Å². The van der Waals surface area contributed by atoms with Gasteiger partial charge in [0.15, 0.2) is 0 Å². The third kappa shape index (κ3) is 2.37. The first kappa shape index (κ1) is 17.2. The molecule has 0 radical (unpaired) electrons. The topological polar surface area (TPSA) is 29.1 Å². The summed E-state index contributed by atoms with van der Waals surface area (Å²) in [6, 6.07) is 23.6. The summed E-state index contributed by atoms with van der Waals surface area (Å²) in [5.74, 6) is 0.502. The first-order valence-corrected chi connectivity index (χ1v) is 10.1. The third-order valence-corrected chi connectivity index (χ3v) is 6.79. The second kappa shape index (κ2) is 6.07. The quantitative estimate of drug-likeness (QED) is 0.597. The molecule has 1 amide bonds. The van der Waals surface area contributed by atoms with Gasteiger partial charge < -0.3 is 5.32 Å². The van der Waals surface area contributed by atoms with Gasteiger partial charge in [0, 0.05) is 17.5 Å². The number of amides is 1. The second-order valence-electron chi connectivity index (χ2n) is 8.64. The van der Waals surface area contributed by atoms with Crippen LogP contribution < -0.4 is 5.32 Å². The van der Waals surface area contributed by atoms with Crippen LogP contribution in [0, 0.1) is 19.3 Å². The molecule has 3 aliphatic carbocycles. The van der Waals surface area contributed by atoms with Crippen molar-refractivity contribution in [2.75, 3.05) is 5.32 Å².